The van der Waals surface area contributed by atoms with Gasteiger partial charge in [0.25, 0.3) is 0 Å². The number of nitrogens with two attached hydrogens (primary N) is 1. The molecule has 22 heavy (non-hydrogen) atoms. The summed E-state index contributed by atoms with van der Waals surface area (Å²) in [6, 6.07) is 5.74. The minimum atomic E-state index is -0.275. The molecular formula is C16H23N3O3. The molecule has 120 valence electrons. The van der Waals surface area contributed by atoms with Gasteiger partial charge in [0.1, 0.15) is 0 Å². The van der Waals surface area contributed by atoms with Crippen molar-refractivity contribution in [2.45, 2.75) is 32.1 Å². The van der Waals surface area contributed by atoms with E-state index in [4.69, 9.17) is 19.7 Å². The van der Waals surface area contributed by atoms with Crippen LogP contribution in [0, 0.1) is 0 Å². The number of ether oxygens (including phenoxy) is 2. The summed E-state index contributed by atoms with van der Waals surface area (Å²) in [5.74, 6) is 2.61. The number of rotatable bonds is 7. The van der Waals surface area contributed by atoms with Gasteiger partial charge < -0.3 is 19.7 Å². The molecule has 6 heteroatoms. The molecule has 0 saturated heterocycles. The third-order valence-corrected chi connectivity index (χ3v) is 4.03. The summed E-state index contributed by atoms with van der Waals surface area (Å²) in [6.07, 6.45) is 1.41. The topological polar surface area (TPSA) is 83.4 Å². The van der Waals surface area contributed by atoms with E-state index >= 15 is 0 Å². The molecule has 0 saturated carbocycles. The minimum absolute atomic E-state index is 0.275. The van der Waals surface area contributed by atoms with E-state index in [1.165, 1.54) is 0 Å². The van der Waals surface area contributed by atoms with Gasteiger partial charge >= 0.3 is 0 Å². The molecule has 0 amide bonds. The van der Waals surface area contributed by atoms with E-state index in [-0.39, 0.29) is 5.41 Å². The fourth-order valence-electron chi connectivity index (χ4n) is 2.13. The van der Waals surface area contributed by atoms with Gasteiger partial charge in [-0.1, -0.05) is 18.1 Å². The second kappa shape index (κ2) is 6.79. The highest BCUT2D eigenvalue weighted by Crippen LogP contribution is 2.29. The van der Waals surface area contributed by atoms with Crippen LogP contribution in [-0.2, 0) is 11.8 Å². The van der Waals surface area contributed by atoms with Gasteiger partial charge in [0.2, 0.25) is 5.89 Å². The maximum Gasteiger partial charge on any atom is 0.233 e. The van der Waals surface area contributed by atoms with Crippen LogP contribution in [0.1, 0.15) is 37.5 Å². The molecule has 2 aromatic rings. The summed E-state index contributed by atoms with van der Waals surface area (Å²) in [7, 11) is 3.23. The molecule has 1 unspecified atom stereocenters. The Labute approximate surface area is 130 Å². The van der Waals surface area contributed by atoms with Crippen LogP contribution < -0.4 is 15.2 Å². The molecule has 2 N–H and O–H groups in total. The van der Waals surface area contributed by atoms with Crippen molar-refractivity contribution in [3.63, 3.8) is 0 Å². The molecule has 2 rings (SSSR count). The fourth-order valence-corrected chi connectivity index (χ4v) is 2.13. The van der Waals surface area contributed by atoms with Crippen molar-refractivity contribution in [3.8, 4) is 11.5 Å². The van der Waals surface area contributed by atoms with Crippen LogP contribution in [0.4, 0.5) is 0 Å². The van der Waals surface area contributed by atoms with E-state index in [0.717, 1.165) is 12.0 Å². The first-order valence-electron chi connectivity index (χ1n) is 7.30. The van der Waals surface area contributed by atoms with Gasteiger partial charge in [-0.15, -0.1) is 0 Å². The highest BCUT2D eigenvalue weighted by molar-refractivity contribution is 5.43. The van der Waals surface area contributed by atoms with Crippen LogP contribution in [0.25, 0.3) is 0 Å². The first-order chi connectivity index (χ1) is 10.6. The third-order valence-electron chi connectivity index (χ3n) is 4.03. The summed E-state index contributed by atoms with van der Waals surface area (Å²) >= 11 is 0. The van der Waals surface area contributed by atoms with Crippen LogP contribution >= 0.6 is 0 Å². The molecule has 0 fully saturated rings. The van der Waals surface area contributed by atoms with E-state index in [0.29, 0.717) is 36.2 Å². The summed E-state index contributed by atoms with van der Waals surface area (Å²) in [6.45, 7) is 4.56. The van der Waals surface area contributed by atoms with E-state index in [9.17, 15) is 0 Å². The second-order valence-corrected chi connectivity index (χ2v) is 5.50. The number of aromatic nitrogens is 2. The first-order valence-corrected chi connectivity index (χ1v) is 7.30. The van der Waals surface area contributed by atoms with Gasteiger partial charge in [-0.05, 0) is 31.0 Å². The largest absolute Gasteiger partial charge is 0.493 e. The molecule has 0 spiro atoms. The smallest absolute Gasteiger partial charge is 0.233 e. The standard InChI is InChI=1S/C16H23N3O3/c1-5-16(2,10-17)15-18-14(19-22-15)9-11-6-7-12(20-3)13(8-11)21-4/h6-8H,5,9-10,17H2,1-4H3. The van der Waals surface area contributed by atoms with Gasteiger partial charge in [0, 0.05) is 13.0 Å². The van der Waals surface area contributed by atoms with Crippen LogP contribution in [0.15, 0.2) is 22.7 Å². The molecular weight excluding hydrogens is 282 g/mol. The molecule has 1 aromatic carbocycles. The summed E-state index contributed by atoms with van der Waals surface area (Å²) in [5, 5.41) is 4.06. The minimum Gasteiger partial charge on any atom is -0.493 e. The van der Waals surface area contributed by atoms with Crippen molar-refractivity contribution in [3.05, 3.63) is 35.5 Å². The summed E-state index contributed by atoms with van der Waals surface area (Å²) < 4.78 is 15.9. The zero-order chi connectivity index (χ0) is 16.2. The van der Waals surface area contributed by atoms with Crippen molar-refractivity contribution in [1.29, 1.82) is 0 Å². The van der Waals surface area contributed by atoms with Crippen LogP contribution in [0.5, 0.6) is 11.5 Å². The Morgan fingerprint density at radius 1 is 1.23 bits per heavy atom. The molecule has 6 nitrogen and oxygen atoms in total. The molecule has 0 bridgehead atoms. The van der Waals surface area contributed by atoms with Gasteiger partial charge in [-0.25, -0.2) is 0 Å². The van der Waals surface area contributed by atoms with Crippen molar-refractivity contribution < 1.29 is 14.0 Å². The normalized spacial score (nSPS) is 13.7. The van der Waals surface area contributed by atoms with E-state index < -0.39 is 0 Å². The van der Waals surface area contributed by atoms with Crippen molar-refractivity contribution >= 4 is 0 Å². The quantitative estimate of drug-likeness (QED) is 0.845. The predicted molar refractivity (Wildman–Crippen MR) is 83.3 cm³/mol. The average Bonchev–Trinajstić information content (AvgIpc) is 3.03. The number of hydrogen-bond donors (Lipinski definition) is 1. The molecule has 1 aromatic heterocycles. The van der Waals surface area contributed by atoms with E-state index in [2.05, 4.69) is 17.1 Å². The maximum atomic E-state index is 5.82. The number of nitrogens with zero attached hydrogens (tertiary/aromatic N) is 2. The van der Waals surface area contributed by atoms with Crippen molar-refractivity contribution in [1.82, 2.24) is 10.1 Å². The Balaban J connectivity index is 2.20. The zero-order valence-corrected chi connectivity index (χ0v) is 13.5. The molecule has 0 aliphatic heterocycles. The Kier molecular flexibility index (Phi) is 5.03. The lowest BCUT2D eigenvalue weighted by Gasteiger charge is -2.20. The number of methoxy groups -OCH3 is 2. The lowest BCUT2D eigenvalue weighted by molar-refractivity contribution is 0.289. The zero-order valence-electron chi connectivity index (χ0n) is 13.5. The molecule has 1 heterocycles. The Bertz CT molecular complexity index is 621. The maximum absolute atomic E-state index is 5.82. The second-order valence-electron chi connectivity index (χ2n) is 5.50. The number of hydrogen-bond acceptors (Lipinski definition) is 6. The molecule has 0 aliphatic rings. The summed E-state index contributed by atoms with van der Waals surface area (Å²) in [5.41, 5.74) is 6.57. The van der Waals surface area contributed by atoms with Crippen LogP contribution in [-0.4, -0.2) is 30.9 Å². The molecule has 0 aliphatic carbocycles. The van der Waals surface area contributed by atoms with Gasteiger partial charge in [0.15, 0.2) is 17.3 Å². The monoisotopic (exact) mass is 305 g/mol. The predicted octanol–water partition coefficient (Wildman–Crippen LogP) is 2.30. The van der Waals surface area contributed by atoms with Gasteiger partial charge in [-0.3, -0.25) is 0 Å². The third kappa shape index (κ3) is 3.22. The average molecular weight is 305 g/mol. The molecule has 1 atom stereocenters. The fraction of sp³-hybridized carbons (Fsp3) is 0.500. The van der Waals surface area contributed by atoms with Crippen LogP contribution in [0.3, 0.4) is 0 Å². The van der Waals surface area contributed by atoms with Crippen molar-refractivity contribution in [2.75, 3.05) is 20.8 Å². The van der Waals surface area contributed by atoms with E-state index in [1.54, 1.807) is 14.2 Å². The van der Waals surface area contributed by atoms with Gasteiger partial charge in [-0.2, -0.15) is 4.98 Å². The Hall–Kier alpha value is -2.08. The molecule has 0 radical (unpaired) electrons. The van der Waals surface area contributed by atoms with Crippen LogP contribution in [0.2, 0.25) is 0 Å². The highest BCUT2D eigenvalue weighted by Gasteiger charge is 2.29. The summed E-state index contributed by atoms with van der Waals surface area (Å²) in [4.78, 5) is 4.49. The SMILES string of the molecule is CCC(C)(CN)c1nc(Cc2ccc(OC)c(OC)c2)no1. The first kappa shape index (κ1) is 16.3. The lowest BCUT2D eigenvalue weighted by atomic mass is 9.88. The van der Waals surface area contributed by atoms with Gasteiger partial charge in [0.05, 0.1) is 19.6 Å². The van der Waals surface area contributed by atoms with Crippen molar-refractivity contribution in [2.24, 2.45) is 5.73 Å². The Morgan fingerprint density at radius 2 is 1.95 bits per heavy atom. The number of benzene rings is 1. The highest BCUT2D eigenvalue weighted by atomic mass is 16.5. The van der Waals surface area contributed by atoms with E-state index in [1.807, 2.05) is 25.1 Å². The lowest BCUT2D eigenvalue weighted by Crippen LogP contribution is -2.31. The Morgan fingerprint density at radius 3 is 2.55 bits per heavy atom.